The molecule has 1 amide bonds. The largest absolute Gasteiger partial charge is 0.339 e. The summed E-state index contributed by atoms with van der Waals surface area (Å²) >= 11 is 0. The van der Waals surface area contributed by atoms with Crippen LogP contribution in [0, 0.1) is 18.7 Å². The predicted molar refractivity (Wildman–Crippen MR) is 78.3 cm³/mol. The molecule has 1 unspecified atom stereocenters. The third kappa shape index (κ3) is 3.57. The lowest BCUT2D eigenvalue weighted by Gasteiger charge is -2.29. The molecular formula is C16H23FN2O. The molecule has 1 aromatic carbocycles. The van der Waals surface area contributed by atoms with Crippen LogP contribution in [0.4, 0.5) is 4.39 Å². The lowest BCUT2D eigenvalue weighted by atomic mass is 9.98. The average Bonchev–Trinajstić information content (AvgIpc) is 2.47. The van der Waals surface area contributed by atoms with E-state index in [0.29, 0.717) is 19.0 Å². The van der Waals surface area contributed by atoms with E-state index in [1.165, 1.54) is 6.07 Å². The van der Waals surface area contributed by atoms with Gasteiger partial charge in [-0.2, -0.15) is 0 Å². The number of hydrogen-bond acceptors (Lipinski definition) is 2. The van der Waals surface area contributed by atoms with Crippen LogP contribution in [0.25, 0.3) is 0 Å². The second kappa shape index (κ2) is 6.84. The maximum Gasteiger partial charge on any atom is 0.256 e. The van der Waals surface area contributed by atoms with Crippen LogP contribution < -0.4 is 5.32 Å². The number of carbonyl (C=O) groups excluding carboxylic acids is 1. The Kier molecular flexibility index (Phi) is 5.12. The minimum atomic E-state index is -0.430. The molecule has 3 nitrogen and oxygen atoms in total. The van der Waals surface area contributed by atoms with E-state index < -0.39 is 5.82 Å². The zero-order valence-corrected chi connectivity index (χ0v) is 12.3. The fourth-order valence-electron chi connectivity index (χ4n) is 2.72. The average molecular weight is 278 g/mol. The summed E-state index contributed by atoms with van der Waals surface area (Å²) in [5.74, 6) is -0.152. The summed E-state index contributed by atoms with van der Waals surface area (Å²) < 4.78 is 13.8. The molecule has 2 rings (SSSR count). The van der Waals surface area contributed by atoms with Crippen LogP contribution >= 0.6 is 0 Å². The van der Waals surface area contributed by atoms with Crippen LogP contribution in [0.15, 0.2) is 18.2 Å². The Bertz CT molecular complexity index is 470. The van der Waals surface area contributed by atoms with Crippen molar-refractivity contribution in [3.63, 3.8) is 0 Å². The van der Waals surface area contributed by atoms with Gasteiger partial charge >= 0.3 is 0 Å². The highest BCUT2D eigenvalue weighted by Gasteiger charge is 2.22. The fraction of sp³-hybridized carbons (Fsp3) is 0.562. The Morgan fingerprint density at radius 1 is 1.50 bits per heavy atom. The summed E-state index contributed by atoms with van der Waals surface area (Å²) in [5.41, 5.74) is 1.10. The first-order valence-electron chi connectivity index (χ1n) is 7.38. The zero-order valence-electron chi connectivity index (χ0n) is 12.3. The van der Waals surface area contributed by atoms with Crippen LogP contribution in [-0.2, 0) is 0 Å². The van der Waals surface area contributed by atoms with E-state index in [4.69, 9.17) is 0 Å². The Balaban J connectivity index is 2.09. The Morgan fingerprint density at radius 3 is 2.95 bits per heavy atom. The quantitative estimate of drug-likeness (QED) is 0.918. The van der Waals surface area contributed by atoms with Crippen LogP contribution in [0.1, 0.15) is 35.7 Å². The molecule has 0 bridgehead atoms. The second-order valence-electron chi connectivity index (χ2n) is 5.54. The number of nitrogens with zero attached hydrogens (tertiary/aromatic N) is 1. The van der Waals surface area contributed by atoms with Crippen LogP contribution in [0.5, 0.6) is 0 Å². The molecule has 0 aromatic heterocycles. The Labute approximate surface area is 120 Å². The fourth-order valence-corrected chi connectivity index (χ4v) is 2.72. The van der Waals surface area contributed by atoms with E-state index in [9.17, 15) is 9.18 Å². The van der Waals surface area contributed by atoms with Gasteiger partial charge in [-0.15, -0.1) is 0 Å². The first-order valence-corrected chi connectivity index (χ1v) is 7.38. The monoisotopic (exact) mass is 278 g/mol. The summed E-state index contributed by atoms with van der Waals surface area (Å²) in [7, 11) is 0. The summed E-state index contributed by atoms with van der Waals surface area (Å²) in [4.78, 5) is 14.2. The van der Waals surface area contributed by atoms with Gasteiger partial charge in [0.2, 0.25) is 0 Å². The number of nitrogens with one attached hydrogen (secondary N) is 1. The standard InChI is InChI=1S/C16H23FN2O/c1-3-19(11-13-5-4-8-18-10-13)16(20)14-9-12(2)6-7-15(14)17/h6-7,9,13,18H,3-5,8,10-11H2,1-2H3. The summed E-state index contributed by atoms with van der Waals surface area (Å²) in [6, 6.07) is 4.70. The van der Waals surface area contributed by atoms with Crippen molar-refractivity contribution in [1.82, 2.24) is 10.2 Å². The van der Waals surface area contributed by atoms with Gasteiger partial charge in [0.25, 0.3) is 5.91 Å². The van der Waals surface area contributed by atoms with Gasteiger partial charge in [0.1, 0.15) is 5.82 Å². The first-order chi connectivity index (χ1) is 9.61. The second-order valence-corrected chi connectivity index (χ2v) is 5.54. The van der Waals surface area contributed by atoms with Crippen molar-refractivity contribution in [3.05, 3.63) is 35.1 Å². The van der Waals surface area contributed by atoms with Gasteiger partial charge in [-0.25, -0.2) is 4.39 Å². The number of aryl methyl sites for hydroxylation is 1. The minimum absolute atomic E-state index is 0.190. The molecule has 1 atom stereocenters. The minimum Gasteiger partial charge on any atom is -0.339 e. The number of amides is 1. The molecule has 1 heterocycles. The molecule has 0 radical (unpaired) electrons. The van der Waals surface area contributed by atoms with Gasteiger partial charge in [0.05, 0.1) is 5.56 Å². The van der Waals surface area contributed by atoms with E-state index in [2.05, 4.69) is 5.32 Å². The van der Waals surface area contributed by atoms with E-state index in [1.54, 1.807) is 17.0 Å². The number of piperidine rings is 1. The summed E-state index contributed by atoms with van der Waals surface area (Å²) in [5, 5.41) is 3.35. The van der Waals surface area contributed by atoms with Crippen molar-refractivity contribution in [2.24, 2.45) is 5.92 Å². The lowest BCUT2D eigenvalue weighted by molar-refractivity contribution is 0.0724. The van der Waals surface area contributed by atoms with Crippen molar-refractivity contribution >= 4 is 5.91 Å². The van der Waals surface area contributed by atoms with Crippen LogP contribution in [0.2, 0.25) is 0 Å². The molecule has 20 heavy (non-hydrogen) atoms. The predicted octanol–water partition coefficient (Wildman–Crippen LogP) is 2.60. The molecule has 0 spiro atoms. The van der Waals surface area contributed by atoms with E-state index in [0.717, 1.165) is 31.5 Å². The van der Waals surface area contributed by atoms with Gasteiger partial charge in [0, 0.05) is 13.1 Å². The highest BCUT2D eigenvalue weighted by Crippen LogP contribution is 2.16. The van der Waals surface area contributed by atoms with Gasteiger partial charge in [-0.1, -0.05) is 11.6 Å². The molecule has 0 aliphatic carbocycles. The van der Waals surface area contributed by atoms with Gasteiger partial charge in [-0.05, 0) is 57.8 Å². The molecular weight excluding hydrogens is 255 g/mol. The van der Waals surface area contributed by atoms with E-state index in [-0.39, 0.29) is 11.5 Å². The highest BCUT2D eigenvalue weighted by atomic mass is 19.1. The normalized spacial score (nSPS) is 18.9. The van der Waals surface area contributed by atoms with E-state index in [1.807, 2.05) is 13.8 Å². The molecule has 1 aliphatic heterocycles. The maximum absolute atomic E-state index is 13.8. The Morgan fingerprint density at radius 2 is 2.30 bits per heavy atom. The molecule has 1 fully saturated rings. The molecule has 1 N–H and O–H groups in total. The zero-order chi connectivity index (χ0) is 14.5. The molecule has 4 heteroatoms. The van der Waals surface area contributed by atoms with Crippen molar-refractivity contribution in [3.8, 4) is 0 Å². The van der Waals surface area contributed by atoms with Crippen molar-refractivity contribution in [1.29, 1.82) is 0 Å². The van der Waals surface area contributed by atoms with Gasteiger partial charge in [0.15, 0.2) is 0 Å². The summed E-state index contributed by atoms with van der Waals surface area (Å²) in [6.07, 6.45) is 2.28. The number of halogens is 1. The topological polar surface area (TPSA) is 32.3 Å². The lowest BCUT2D eigenvalue weighted by Crippen LogP contribution is -2.41. The maximum atomic E-state index is 13.8. The van der Waals surface area contributed by atoms with Crippen LogP contribution in [0.3, 0.4) is 0 Å². The third-order valence-corrected chi connectivity index (χ3v) is 3.90. The van der Waals surface area contributed by atoms with Gasteiger partial charge in [-0.3, -0.25) is 4.79 Å². The van der Waals surface area contributed by atoms with Gasteiger partial charge < -0.3 is 10.2 Å². The summed E-state index contributed by atoms with van der Waals surface area (Å²) in [6.45, 7) is 7.14. The number of rotatable bonds is 4. The molecule has 1 aliphatic rings. The third-order valence-electron chi connectivity index (χ3n) is 3.90. The smallest absolute Gasteiger partial charge is 0.256 e. The van der Waals surface area contributed by atoms with Crippen LogP contribution in [-0.4, -0.2) is 37.0 Å². The Hall–Kier alpha value is -1.42. The SMILES string of the molecule is CCN(CC1CCCNC1)C(=O)c1cc(C)ccc1F. The molecule has 1 saturated heterocycles. The van der Waals surface area contributed by atoms with Crippen molar-refractivity contribution < 1.29 is 9.18 Å². The number of benzene rings is 1. The molecule has 0 saturated carbocycles. The van der Waals surface area contributed by atoms with Crippen molar-refractivity contribution in [2.75, 3.05) is 26.2 Å². The first kappa shape index (κ1) is 15.0. The molecule has 110 valence electrons. The number of carbonyl (C=O) groups is 1. The van der Waals surface area contributed by atoms with Crippen molar-refractivity contribution in [2.45, 2.75) is 26.7 Å². The molecule has 1 aromatic rings. The van der Waals surface area contributed by atoms with E-state index >= 15 is 0 Å². The highest BCUT2D eigenvalue weighted by molar-refractivity contribution is 5.94. The number of hydrogen-bond donors (Lipinski definition) is 1.